The van der Waals surface area contributed by atoms with Crippen LogP contribution in [0.15, 0.2) is 84.9 Å². The van der Waals surface area contributed by atoms with E-state index in [1.54, 1.807) is 18.2 Å². The molecule has 1 unspecified atom stereocenters. The molecule has 36 heavy (non-hydrogen) atoms. The predicted molar refractivity (Wildman–Crippen MR) is 142 cm³/mol. The zero-order valence-electron chi connectivity index (χ0n) is 20.6. The number of rotatable bonds is 7. The van der Waals surface area contributed by atoms with Crippen LogP contribution in [-0.2, 0) is 4.74 Å². The molecule has 184 valence electrons. The zero-order valence-corrected chi connectivity index (χ0v) is 20.6. The van der Waals surface area contributed by atoms with Crippen molar-refractivity contribution >= 4 is 28.1 Å². The summed E-state index contributed by atoms with van der Waals surface area (Å²) in [6.45, 7) is 2.86. The molecule has 4 nitrogen and oxygen atoms in total. The average molecular weight is 484 g/mol. The highest BCUT2D eigenvalue weighted by atomic mass is 19.1. The zero-order chi connectivity index (χ0) is 25.1. The van der Waals surface area contributed by atoms with Gasteiger partial charge in [-0.15, -0.1) is 0 Å². The van der Waals surface area contributed by atoms with E-state index in [0.29, 0.717) is 29.5 Å². The van der Waals surface area contributed by atoms with Crippen LogP contribution in [0.25, 0.3) is 10.8 Å². The molecule has 0 saturated heterocycles. The number of halogens is 1. The fourth-order valence-corrected chi connectivity index (χ4v) is 5.12. The monoisotopic (exact) mass is 483 g/mol. The van der Waals surface area contributed by atoms with Gasteiger partial charge in [-0.2, -0.15) is 0 Å². The average Bonchev–Trinajstić information content (AvgIpc) is 2.92. The number of benzene rings is 4. The van der Waals surface area contributed by atoms with Gasteiger partial charge in [-0.25, -0.2) is 9.18 Å². The third kappa shape index (κ3) is 4.92. The summed E-state index contributed by atoms with van der Waals surface area (Å²) >= 11 is 0. The number of nitrogens with zero attached hydrogens (tertiary/aromatic N) is 1. The first-order chi connectivity index (χ1) is 17.5. The third-order valence-electron chi connectivity index (χ3n) is 6.99. The summed E-state index contributed by atoms with van der Waals surface area (Å²) in [5, 5.41) is 2.58. The second-order valence-electron chi connectivity index (χ2n) is 9.40. The molecule has 4 aromatic carbocycles. The molecule has 0 N–H and O–H groups in total. The molecule has 1 heterocycles. The van der Waals surface area contributed by atoms with E-state index in [1.165, 1.54) is 35.6 Å². The molecule has 2 atom stereocenters. The van der Waals surface area contributed by atoms with Crippen molar-refractivity contribution < 1.29 is 18.7 Å². The van der Waals surface area contributed by atoms with E-state index >= 15 is 0 Å². The minimum Gasteiger partial charge on any atom is -0.486 e. The van der Waals surface area contributed by atoms with Crippen LogP contribution in [0.2, 0.25) is 0 Å². The molecule has 0 amide bonds. The van der Waals surface area contributed by atoms with Crippen molar-refractivity contribution in [1.29, 1.82) is 0 Å². The number of hydrogen-bond donors (Lipinski definition) is 0. The largest absolute Gasteiger partial charge is 0.486 e. The maximum Gasteiger partial charge on any atom is 0.337 e. The molecule has 0 fully saturated rings. The summed E-state index contributed by atoms with van der Waals surface area (Å²) in [6.07, 6.45) is 2.87. The normalized spacial score (nSPS) is 15.8. The lowest BCUT2D eigenvalue weighted by Gasteiger charge is -2.36. The van der Waals surface area contributed by atoms with E-state index in [0.717, 1.165) is 24.9 Å². The van der Waals surface area contributed by atoms with Gasteiger partial charge < -0.3 is 14.4 Å². The van der Waals surface area contributed by atoms with Gasteiger partial charge in [-0.1, -0.05) is 55.5 Å². The maximum absolute atomic E-state index is 14.2. The predicted octanol–water partition coefficient (Wildman–Crippen LogP) is 7.64. The lowest BCUT2D eigenvalue weighted by Crippen LogP contribution is -2.37. The summed E-state index contributed by atoms with van der Waals surface area (Å²) < 4.78 is 25.3. The molecule has 0 spiro atoms. The van der Waals surface area contributed by atoms with E-state index < -0.39 is 5.97 Å². The summed E-state index contributed by atoms with van der Waals surface area (Å²) in [5.41, 5.74) is 3.30. The van der Waals surface area contributed by atoms with E-state index in [2.05, 4.69) is 49.4 Å². The molecule has 0 saturated carbocycles. The molecule has 5 heteroatoms. The van der Waals surface area contributed by atoms with E-state index in [-0.39, 0.29) is 11.9 Å². The van der Waals surface area contributed by atoms with Crippen LogP contribution >= 0.6 is 0 Å². The summed E-state index contributed by atoms with van der Waals surface area (Å²) in [6, 6.07) is 26.9. The molecule has 1 aliphatic heterocycles. The van der Waals surface area contributed by atoms with E-state index in [9.17, 15) is 9.18 Å². The highest BCUT2D eigenvalue weighted by Gasteiger charge is 2.28. The number of hydrogen-bond acceptors (Lipinski definition) is 4. The van der Waals surface area contributed by atoms with E-state index in [4.69, 9.17) is 9.47 Å². The highest BCUT2D eigenvalue weighted by Crippen LogP contribution is 2.40. The lowest BCUT2D eigenvalue weighted by atomic mass is 9.90. The van der Waals surface area contributed by atoms with Crippen molar-refractivity contribution in [2.45, 2.75) is 38.2 Å². The fraction of sp³-hybridized carbons (Fsp3) is 0.258. The van der Waals surface area contributed by atoms with Crippen molar-refractivity contribution in [2.24, 2.45) is 0 Å². The second-order valence-corrected chi connectivity index (χ2v) is 9.40. The number of carbonyl (C=O) groups excluding carboxylic acids is 1. The SMILES string of the molecule is COC(=O)c1cccc(N2CC(CCC[C@H](C)c3cccc4ccccc34)Oc3ccc(F)cc32)c1. The summed E-state index contributed by atoms with van der Waals surface area (Å²) in [7, 11) is 1.36. The van der Waals surface area contributed by atoms with E-state index in [1.807, 2.05) is 17.0 Å². The fourth-order valence-electron chi connectivity index (χ4n) is 5.12. The van der Waals surface area contributed by atoms with Gasteiger partial charge in [0.05, 0.1) is 24.9 Å². The lowest BCUT2D eigenvalue weighted by molar-refractivity contribution is 0.0600. The Balaban J connectivity index is 1.32. The number of fused-ring (bicyclic) bond motifs is 2. The van der Waals surface area contributed by atoms with Gasteiger partial charge in [-0.3, -0.25) is 0 Å². The first kappa shape index (κ1) is 23.9. The maximum atomic E-state index is 14.2. The first-order valence-electron chi connectivity index (χ1n) is 12.4. The van der Waals surface area contributed by atoms with Crippen LogP contribution in [0.1, 0.15) is 48.0 Å². The topological polar surface area (TPSA) is 38.8 Å². The Kier molecular flexibility index (Phi) is 6.90. The number of methoxy groups -OCH3 is 1. The number of esters is 1. The van der Waals surface area contributed by atoms with Gasteiger partial charge in [0, 0.05) is 11.8 Å². The molecule has 0 radical (unpaired) electrons. The quantitative estimate of drug-likeness (QED) is 0.253. The van der Waals surface area contributed by atoms with Gasteiger partial charge in [0.1, 0.15) is 17.7 Å². The smallest absolute Gasteiger partial charge is 0.337 e. The summed E-state index contributed by atoms with van der Waals surface area (Å²) in [4.78, 5) is 14.1. The van der Waals surface area contributed by atoms with Crippen LogP contribution in [0, 0.1) is 5.82 Å². The Morgan fingerprint density at radius 2 is 1.86 bits per heavy atom. The van der Waals surface area contributed by atoms with Gasteiger partial charge in [0.25, 0.3) is 0 Å². The molecule has 4 aromatic rings. The Morgan fingerprint density at radius 3 is 2.72 bits per heavy atom. The van der Waals surface area contributed by atoms with Crippen LogP contribution in [0.5, 0.6) is 5.75 Å². The van der Waals surface area contributed by atoms with Crippen molar-refractivity contribution in [3.05, 3.63) is 102 Å². The van der Waals surface area contributed by atoms with Crippen molar-refractivity contribution in [3.63, 3.8) is 0 Å². The van der Waals surface area contributed by atoms with Crippen LogP contribution in [0.3, 0.4) is 0 Å². The standard InChI is InChI=1S/C31H30FNO3/c1-21(27-15-7-10-22-9-3-4-14-28(22)27)8-5-13-26-20-33(29-19-24(32)16-17-30(29)36-26)25-12-6-11-23(18-25)31(34)35-2/h3-4,6-7,9-12,14-19,21,26H,5,8,13,20H2,1-2H3/t21-,26?/m0/s1. The van der Waals surface area contributed by atoms with Gasteiger partial charge in [0.15, 0.2) is 0 Å². The third-order valence-corrected chi connectivity index (χ3v) is 6.99. The molecular formula is C31H30FNO3. The van der Waals surface area contributed by atoms with Gasteiger partial charge in [0.2, 0.25) is 0 Å². The Hall–Kier alpha value is -3.86. The summed E-state index contributed by atoms with van der Waals surface area (Å²) in [5.74, 6) is 0.351. The van der Waals surface area contributed by atoms with Gasteiger partial charge in [-0.05, 0) is 71.8 Å². The molecular weight excluding hydrogens is 453 g/mol. The Bertz CT molecular complexity index is 1380. The number of ether oxygens (including phenoxy) is 2. The molecule has 5 rings (SSSR count). The van der Waals surface area contributed by atoms with Crippen molar-refractivity contribution in [1.82, 2.24) is 0 Å². The van der Waals surface area contributed by atoms with Crippen LogP contribution in [-0.4, -0.2) is 25.7 Å². The molecule has 0 aliphatic carbocycles. The number of carbonyl (C=O) groups is 1. The minimum atomic E-state index is -0.399. The van der Waals surface area contributed by atoms with Crippen LogP contribution in [0.4, 0.5) is 15.8 Å². The second kappa shape index (κ2) is 10.4. The highest BCUT2D eigenvalue weighted by molar-refractivity contribution is 5.91. The first-order valence-corrected chi connectivity index (χ1v) is 12.4. The Labute approximate surface area is 211 Å². The minimum absolute atomic E-state index is 0.0514. The van der Waals surface area contributed by atoms with Crippen LogP contribution < -0.4 is 9.64 Å². The Morgan fingerprint density at radius 1 is 1.06 bits per heavy atom. The number of anilines is 2. The molecule has 1 aliphatic rings. The molecule has 0 bridgehead atoms. The van der Waals surface area contributed by atoms with Crippen molar-refractivity contribution in [3.8, 4) is 5.75 Å². The van der Waals surface area contributed by atoms with Gasteiger partial charge >= 0.3 is 5.97 Å². The van der Waals surface area contributed by atoms with Crippen molar-refractivity contribution in [2.75, 3.05) is 18.6 Å². The molecule has 0 aromatic heterocycles.